The number of anilines is 2. The van der Waals surface area contributed by atoms with Crippen molar-refractivity contribution >= 4 is 11.4 Å². The maximum absolute atomic E-state index is 5.72. The van der Waals surface area contributed by atoms with E-state index in [1.165, 1.54) is 0 Å². The number of nitrogen functional groups attached to an aromatic ring is 1. The standard InChI is InChI=1S/C13H20N2O2/c1-10(2)9-17-7-6-15-11-4-5-12(14)13(8-11)16-3/h4-5,8,15H,1,6-7,9,14H2,2-3H3. The van der Waals surface area contributed by atoms with Crippen LogP contribution in [-0.2, 0) is 4.74 Å². The maximum Gasteiger partial charge on any atom is 0.143 e. The van der Waals surface area contributed by atoms with Crippen molar-refractivity contribution in [1.29, 1.82) is 0 Å². The number of rotatable bonds is 7. The third-order valence-electron chi connectivity index (χ3n) is 2.16. The fourth-order valence-electron chi connectivity index (χ4n) is 1.34. The second kappa shape index (κ2) is 6.81. The molecule has 0 heterocycles. The van der Waals surface area contributed by atoms with Gasteiger partial charge in [0.2, 0.25) is 0 Å². The first-order chi connectivity index (χ1) is 8.13. The highest BCUT2D eigenvalue weighted by Crippen LogP contribution is 2.24. The van der Waals surface area contributed by atoms with Crippen molar-refractivity contribution in [3.8, 4) is 5.75 Å². The van der Waals surface area contributed by atoms with Gasteiger partial charge in [0.25, 0.3) is 0 Å². The highest BCUT2D eigenvalue weighted by atomic mass is 16.5. The fraction of sp³-hybridized carbons (Fsp3) is 0.385. The number of hydrogen-bond acceptors (Lipinski definition) is 4. The van der Waals surface area contributed by atoms with Crippen LogP contribution in [0.1, 0.15) is 6.92 Å². The van der Waals surface area contributed by atoms with E-state index in [0.717, 1.165) is 17.8 Å². The molecular formula is C13H20N2O2. The average molecular weight is 236 g/mol. The Morgan fingerprint density at radius 3 is 2.88 bits per heavy atom. The minimum absolute atomic E-state index is 0.604. The molecule has 0 unspecified atom stereocenters. The van der Waals surface area contributed by atoms with E-state index in [2.05, 4.69) is 11.9 Å². The first-order valence-electron chi connectivity index (χ1n) is 5.53. The van der Waals surface area contributed by atoms with Crippen LogP contribution in [0.2, 0.25) is 0 Å². The molecule has 0 atom stereocenters. The minimum Gasteiger partial charge on any atom is -0.495 e. The van der Waals surface area contributed by atoms with E-state index in [0.29, 0.717) is 24.7 Å². The Balaban J connectivity index is 2.34. The van der Waals surface area contributed by atoms with Gasteiger partial charge in [-0.3, -0.25) is 0 Å². The molecule has 0 aliphatic rings. The molecule has 3 N–H and O–H groups in total. The summed E-state index contributed by atoms with van der Waals surface area (Å²) >= 11 is 0. The lowest BCUT2D eigenvalue weighted by molar-refractivity contribution is 0.167. The number of ether oxygens (including phenoxy) is 2. The molecule has 1 aromatic carbocycles. The molecule has 0 spiro atoms. The quantitative estimate of drug-likeness (QED) is 0.433. The fourth-order valence-corrected chi connectivity index (χ4v) is 1.34. The summed E-state index contributed by atoms with van der Waals surface area (Å²) in [6.45, 7) is 7.69. The van der Waals surface area contributed by atoms with Crippen LogP contribution in [0.5, 0.6) is 5.75 Å². The van der Waals surface area contributed by atoms with Crippen molar-refractivity contribution in [1.82, 2.24) is 0 Å². The van der Waals surface area contributed by atoms with Crippen LogP contribution in [0.15, 0.2) is 30.4 Å². The van der Waals surface area contributed by atoms with E-state index in [4.69, 9.17) is 15.2 Å². The highest BCUT2D eigenvalue weighted by Gasteiger charge is 2.00. The van der Waals surface area contributed by atoms with Gasteiger partial charge in [-0.15, -0.1) is 0 Å². The minimum atomic E-state index is 0.604. The molecule has 94 valence electrons. The zero-order valence-electron chi connectivity index (χ0n) is 10.5. The van der Waals surface area contributed by atoms with Crippen molar-refractivity contribution < 1.29 is 9.47 Å². The Morgan fingerprint density at radius 2 is 2.24 bits per heavy atom. The van der Waals surface area contributed by atoms with Gasteiger partial charge in [-0.2, -0.15) is 0 Å². The monoisotopic (exact) mass is 236 g/mol. The second-order valence-corrected chi connectivity index (χ2v) is 3.89. The summed E-state index contributed by atoms with van der Waals surface area (Å²) in [5, 5.41) is 3.23. The Labute approximate surface area is 102 Å². The average Bonchev–Trinajstić information content (AvgIpc) is 2.30. The normalized spacial score (nSPS) is 10.0. The van der Waals surface area contributed by atoms with Crippen molar-refractivity contribution in [3.63, 3.8) is 0 Å². The largest absolute Gasteiger partial charge is 0.495 e. The van der Waals surface area contributed by atoms with Gasteiger partial charge in [0, 0.05) is 18.3 Å². The molecular weight excluding hydrogens is 216 g/mol. The first kappa shape index (κ1) is 13.4. The molecule has 0 bridgehead atoms. The van der Waals surface area contributed by atoms with Gasteiger partial charge in [-0.25, -0.2) is 0 Å². The van der Waals surface area contributed by atoms with Crippen molar-refractivity contribution in [2.45, 2.75) is 6.92 Å². The molecule has 0 aliphatic heterocycles. The lowest BCUT2D eigenvalue weighted by Crippen LogP contribution is -2.10. The van der Waals surface area contributed by atoms with Crippen LogP contribution in [0.3, 0.4) is 0 Å². The van der Waals surface area contributed by atoms with E-state index in [1.54, 1.807) is 7.11 Å². The number of nitrogens with one attached hydrogen (secondary N) is 1. The van der Waals surface area contributed by atoms with Gasteiger partial charge in [0.1, 0.15) is 5.75 Å². The molecule has 0 aliphatic carbocycles. The number of benzene rings is 1. The van der Waals surface area contributed by atoms with Crippen LogP contribution in [-0.4, -0.2) is 26.9 Å². The second-order valence-electron chi connectivity index (χ2n) is 3.89. The SMILES string of the molecule is C=C(C)COCCNc1ccc(N)c(OC)c1. The zero-order chi connectivity index (χ0) is 12.7. The molecule has 0 radical (unpaired) electrons. The van der Waals surface area contributed by atoms with Crippen LogP contribution in [0, 0.1) is 0 Å². The third-order valence-corrected chi connectivity index (χ3v) is 2.16. The van der Waals surface area contributed by atoms with E-state index in [1.807, 2.05) is 25.1 Å². The molecule has 0 fully saturated rings. The van der Waals surface area contributed by atoms with E-state index in [9.17, 15) is 0 Å². The van der Waals surface area contributed by atoms with Crippen LogP contribution in [0.25, 0.3) is 0 Å². The van der Waals surface area contributed by atoms with Crippen LogP contribution < -0.4 is 15.8 Å². The number of nitrogens with two attached hydrogens (primary N) is 1. The topological polar surface area (TPSA) is 56.5 Å². The summed E-state index contributed by atoms with van der Waals surface area (Å²) in [6, 6.07) is 5.60. The Morgan fingerprint density at radius 1 is 1.47 bits per heavy atom. The smallest absolute Gasteiger partial charge is 0.143 e. The predicted octanol–water partition coefficient (Wildman–Crippen LogP) is 2.28. The van der Waals surface area contributed by atoms with Crippen LogP contribution >= 0.6 is 0 Å². The molecule has 0 saturated carbocycles. The molecule has 0 saturated heterocycles. The van der Waals surface area contributed by atoms with Crippen molar-refractivity contribution in [2.24, 2.45) is 0 Å². The molecule has 1 rings (SSSR count). The summed E-state index contributed by atoms with van der Waals surface area (Å²) in [6.07, 6.45) is 0. The summed E-state index contributed by atoms with van der Waals surface area (Å²) in [5.74, 6) is 0.679. The van der Waals surface area contributed by atoms with Gasteiger partial charge >= 0.3 is 0 Å². The number of methoxy groups -OCH3 is 1. The van der Waals surface area contributed by atoms with Gasteiger partial charge < -0.3 is 20.5 Å². The Bertz CT molecular complexity index is 378. The summed E-state index contributed by atoms with van der Waals surface area (Å²) in [4.78, 5) is 0. The summed E-state index contributed by atoms with van der Waals surface area (Å²) in [7, 11) is 1.60. The van der Waals surface area contributed by atoms with Crippen LogP contribution in [0.4, 0.5) is 11.4 Å². The Hall–Kier alpha value is -1.68. The maximum atomic E-state index is 5.72. The first-order valence-corrected chi connectivity index (χ1v) is 5.53. The summed E-state index contributed by atoms with van der Waals surface area (Å²) < 4.78 is 10.5. The highest BCUT2D eigenvalue weighted by molar-refractivity contribution is 5.61. The molecule has 17 heavy (non-hydrogen) atoms. The van der Waals surface area contributed by atoms with Gasteiger partial charge in [-0.1, -0.05) is 12.2 Å². The number of hydrogen-bond donors (Lipinski definition) is 2. The molecule has 0 aromatic heterocycles. The van der Waals surface area contributed by atoms with E-state index in [-0.39, 0.29) is 0 Å². The molecule has 4 heteroatoms. The molecule has 4 nitrogen and oxygen atoms in total. The summed E-state index contributed by atoms with van der Waals surface area (Å²) in [5.41, 5.74) is 8.35. The zero-order valence-corrected chi connectivity index (χ0v) is 10.5. The van der Waals surface area contributed by atoms with E-state index < -0.39 is 0 Å². The van der Waals surface area contributed by atoms with E-state index >= 15 is 0 Å². The predicted molar refractivity (Wildman–Crippen MR) is 71.5 cm³/mol. The third kappa shape index (κ3) is 4.78. The van der Waals surface area contributed by atoms with Crippen molar-refractivity contribution in [3.05, 3.63) is 30.4 Å². The van der Waals surface area contributed by atoms with Gasteiger partial charge in [-0.05, 0) is 19.1 Å². The molecule has 1 aromatic rings. The van der Waals surface area contributed by atoms with Gasteiger partial charge in [0.15, 0.2) is 0 Å². The lowest BCUT2D eigenvalue weighted by atomic mass is 10.2. The lowest BCUT2D eigenvalue weighted by Gasteiger charge is -2.10. The van der Waals surface area contributed by atoms with Crippen molar-refractivity contribution in [2.75, 3.05) is 37.9 Å². The van der Waals surface area contributed by atoms with Gasteiger partial charge in [0.05, 0.1) is 26.0 Å². The molecule has 0 amide bonds. The Kier molecular flexibility index (Phi) is 5.36.